The Labute approximate surface area is 193 Å². The highest BCUT2D eigenvalue weighted by molar-refractivity contribution is 7.99. The molecule has 32 heavy (non-hydrogen) atoms. The van der Waals surface area contributed by atoms with Gasteiger partial charge in [0.25, 0.3) is 0 Å². The van der Waals surface area contributed by atoms with Gasteiger partial charge in [-0.2, -0.15) is 0 Å². The van der Waals surface area contributed by atoms with Gasteiger partial charge in [0.2, 0.25) is 0 Å². The van der Waals surface area contributed by atoms with Crippen molar-refractivity contribution in [2.45, 2.75) is 38.8 Å². The predicted octanol–water partition coefficient (Wildman–Crippen LogP) is 3.48. The number of sulfone groups is 1. The Morgan fingerprint density at radius 1 is 1.19 bits per heavy atom. The minimum Gasteiger partial charge on any atom is -0.318 e. The SMILES string of the molecule is Cc1ccccc1-n1c(C)cc(C(=O)CSc2nnc(CC3CCS(=O)(=O)C3)n2C)c1C. The molecule has 7 nitrogen and oxygen atoms in total. The lowest BCUT2D eigenvalue weighted by atomic mass is 10.1. The lowest BCUT2D eigenvalue weighted by Gasteiger charge is -2.12. The van der Waals surface area contributed by atoms with E-state index in [2.05, 4.69) is 33.8 Å². The topological polar surface area (TPSA) is 86.8 Å². The van der Waals surface area contributed by atoms with E-state index >= 15 is 0 Å². The summed E-state index contributed by atoms with van der Waals surface area (Å²) in [4.78, 5) is 13.0. The van der Waals surface area contributed by atoms with E-state index in [0.717, 1.165) is 34.0 Å². The minimum absolute atomic E-state index is 0.0503. The molecule has 0 bridgehead atoms. The first kappa shape index (κ1) is 22.8. The highest BCUT2D eigenvalue weighted by Gasteiger charge is 2.29. The number of carbonyl (C=O) groups excluding carboxylic acids is 1. The maximum atomic E-state index is 13.0. The number of benzene rings is 1. The maximum absolute atomic E-state index is 13.0. The molecule has 0 saturated carbocycles. The van der Waals surface area contributed by atoms with E-state index in [1.54, 1.807) is 0 Å². The summed E-state index contributed by atoms with van der Waals surface area (Å²) >= 11 is 1.36. The number of hydrogen-bond acceptors (Lipinski definition) is 6. The molecule has 3 aromatic rings. The minimum atomic E-state index is -2.91. The van der Waals surface area contributed by atoms with Crippen molar-refractivity contribution in [1.82, 2.24) is 19.3 Å². The van der Waals surface area contributed by atoms with E-state index in [4.69, 9.17) is 0 Å². The Bertz CT molecular complexity index is 1270. The fourth-order valence-corrected chi connectivity index (χ4v) is 7.05. The Morgan fingerprint density at radius 2 is 1.94 bits per heavy atom. The molecule has 2 aromatic heterocycles. The zero-order valence-electron chi connectivity index (χ0n) is 18.8. The van der Waals surface area contributed by atoms with Gasteiger partial charge in [0.05, 0.1) is 17.3 Å². The third-order valence-electron chi connectivity index (χ3n) is 6.14. The van der Waals surface area contributed by atoms with Gasteiger partial charge in [-0.25, -0.2) is 8.42 Å². The molecule has 1 fully saturated rings. The Hall–Kier alpha value is -2.39. The molecule has 170 valence electrons. The van der Waals surface area contributed by atoms with Crippen LogP contribution in [-0.4, -0.2) is 50.8 Å². The van der Waals surface area contributed by atoms with Crippen molar-refractivity contribution < 1.29 is 13.2 Å². The van der Waals surface area contributed by atoms with Crippen LogP contribution in [0.5, 0.6) is 0 Å². The van der Waals surface area contributed by atoms with Gasteiger partial charge in [-0.15, -0.1) is 10.2 Å². The average molecular weight is 473 g/mol. The van der Waals surface area contributed by atoms with Crippen LogP contribution in [0.2, 0.25) is 0 Å². The molecule has 1 atom stereocenters. The van der Waals surface area contributed by atoms with E-state index in [1.165, 1.54) is 11.8 Å². The molecular weight excluding hydrogens is 444 g/mol. The molecule has 0 spiro atoms. The standard InChI is InChI=1S/C23H28N4O3S2/c1-15-7-5-6-8-20(15)27-16(2)11-19(17(27)3)21(28)13-31-23-25-24-22(26(23)4)12-18-9-10-32(29,30)14-18/h5-8,11,18H,9-10,12-14H2,1-4H3. The monoisotopic (exact) mass is 472 g/mol. The van der Waals surface area contributed by atoms with Gasteiger partial charge in [-0.3, -0.25) is 4.79 Å². The number of carbonyl (C=O) groups is 1. The van der Waals surface area contributed by atoms with E-state index in [9.17, 15) is 13.2 Å². The summed E-state index contributed by atoms with van der Waals surface area (Å²) in [5.41, 5.74) is 4.92. The highest BCUT2D eigenvalue weighted by Crippen LogP contribution is 2.27. The van der Waals surface area contributed by atoms with Gasteiger partial charge < -0.3 is 9.13 Å². The van der Waals surface area contributed by atoms with Gasteiger partial charge in [0.15, 0.2) is 20.8 Å². The Morgan fingerprint density at radius 3 is 2.62 bits per heavy atom. The summed E-state index contributed by atoms with van der Waals surface area (Å²) < 4.78 is 27.4. The van der Waals surface area contributed by atoms with Crippen LogP contribution in [0.3, 0.4) is 0 Å². The summed E-state index contributed by atoms with van der Waals surface area (Å²) in [6.45, 7) is 6.06. The number of aryl methyl sites for hydroxylation is 2. The second-order valence-electron chi connectivity index (χ2n) is 8.55. The van der Waals surface area contributed by atoms with Gasteiger partial charge in [-0.05, 0) is 50.8 Å². The number of hydrogen-bond donors (Lipinski definition) is 0. The lowest BCUT2D eigenvalue weighted by Crippen LogP contribution is -2.11. The van der Waals surface area contributed by atoms with Crippen LogP contribution in [0.25, 0.3) is 5.69 Å². The number of ketones is 1. The van der Waals surface area contributed by atoms with Crippen LogP contribution in [0.1, 0.15) is 39.6 Å². The molecule has 1 saturated heterocycles. The van der Waals surface area contributed by atoms with E-state index in [1.807, 2.05) is 43.7 Å². The van der Waals surface area contributed by atoms with Crippen molar-refractivity contribution >= 4 is 27.4 Å². The molecule has 9 heteroatoms. The van der Waals surface area contributed by atoms with Crippen molar-refractivity contribution in [2.24, 2.45) is 13.0 Å². The number of Topliss-reactive ketones (excluding diaryl/α,β-unsaturated/α-hetero) is 1. The Kier molecular flexibility index (Phi) is 6.31. The quantitative estimate of drug-likeness (QED) is 0.386. The van der Waals surface area contributed by atoms with Crippen LogP contribution >= 0.6 is 11.8 Å². The zero-order valence-corrected chi connectivity index (χ0v) is 20.5. The summed E-state index contributed by atoms with van der Waals surface area (Å²) in [5.74, 6) is 1.65. The van der Waals surface area contributed by atoms with Crippen molar-refractivity contribution in [3.05, 3.63) is 58.7 Å². The first-order chi connectivity index (χ1) is 15.2. The van der Waals surface area contributed by atoms with Crippen LogP contribution in [0.15, 0.2) is 35.5 Å². The lowest BCUT2D eigenvalue weighted by molar-refractivity contribution is 0.102. The fourth-order valence-electron chi connectivity index (χ4n) is 4.38. The fraction of sp³-hybridized carbons (Fsp3) is 0.435. The molecule has 3 heterocycles. The number of thioether (sulfide) groups is 1. The van der Waals surface area contributed by atoms with Crippen LogP contribution in [-0.2, 0) is 23.3 Å². The van der Waals surface area contributed by atoms with Crippen molar-refractivity contribution in [1.29, 1.82) is 0 Å². The number of aromatic nitrogens is 4. The summed E-state index contributed by atoms with van der Waals surface area (Å²) in [5, 5.41) is 9.15. The second kappa shape index (κ2) is 8.86. The largest absolute Gasteiger partial charge is 0.318 e. The van der Waals surface area contributed by atoms with E-state index in [0.29, 0.717) is 18.0 Å². The molecule has 0 aliphatic carbocycles. The van der Waals surface area contributed by atoms with E-state index < -0.39 is 9.84 Å². The third-order valence-corrected chi connectivity index (χ3v) is 9.00. The predicted molar refractivity (Wildman–Crippen MR) is 127 cm³/mol. The summed E-state index contributed by atoms with van der Waals surface area (Å²) in [6, 6.07) is 10.1. The van der Waals surface area contributed by atoms with Crippen LogP contribution in [0, 0.1) is 26.7 Å². The van der Waals surface area contributed by atoms with Crippen LogP contribution in [0.4, 0.5) is 0 Å². The normalized spacial score (nSPS) is 17.7. The van der Waals surface area contributed by atoms with Gasteiger partial charge in [-0.1, -0.05) is 30.0 Å². The Balaban J connectivity index is 1.45. The first-order valence-electron chi connectivity index (χ1n) is 10.7. The number of nitrogens with zero attached hydrogens (tertiary/aromatic N) is 4. The van der Waals surface area contributed by atoms with Crippen molar-refractivity contribution in [2.75, 3.05) is 17.3 Å². The second-order valence-corrected chi connectivity index (χ2v) is 11.7. The van der Waals surface area contributed by atoms with Crippen molar-refractivity contribution in [3.8, 4) is 5.69 Å². The molecule has 0 N–H and O–H groups in total. The van der Waals surface area contributed by atoms with Crippen molar-refractivity contribution in [3.63, 3.8) is 0 Å². The summed E-state index contributed by atoms with van der Waals surface area (Å²) in [6.07, 6.45) is 1.27. The molecule has 0 amide bonds. The van der Waals surface area contributed by atoms with Gasteiger partial charge in [0.1, 0.15) is 5.82 Å². The van der Waals surface area contributed by atoms with Gasteiger partial charge >= 0.3 is 0 Å². The average Bonchev–Trinajstić information content (AvgIpc) is 3.36. The number of para-hydroxylation sites is 1. The molecule has 1 aliphatic rings. The zero-order chi connectivity index (χ0) is 23.0. The number of rotatable bonds is 7. The molecule has 1 aromatic carbocycles. The smallest absolute Gasteiger partial charge is 0.191 e. The highest BCUT2D eigenvalue weighted by atomic mass is 32.2. The maximum Gasteiger partial charge on any atom is 0.191 e. The van der Waals surface area contributed by atoms with E-state index in [-0.39, 0.29) is 29.0 Å². The first-order valence-corrected chi connectivity index (χ1v) is 13.5. The molecular formula is C23H28N4O3S2. The third kappa shape index (κ3) is 4.54. The molecule has 1 aliphatic heterocycles. The molecule has 1 unspecified atom stereocenters. The van der Waals surface area contributed by atoms with Crippen LogP contribution < -0.4 is 0 Å². The van der Waals surface area contributed by atoms with Gasteiger partial charge in [0, 0.05) is 36.1 Å². The summed E-state index contributed by atoms with van der Waals surface area (Å²) in [7, 11) is -1.04. The molecule has 0 radical (unpaired) electrons. The molecule has 4 rings (SSSR count).